The van der Waals surface area contributed by atoms with Gasteiger partial charge in [-0.25, -0.2) is 9.97 Å². The smallest absolute Gasteiger partial charge is 0.429 e. The standard InChI is InChI=1S/C27H23ClF3N3O/c1-17(32)13-18-9-11-19(12-10-18)24-15-25(34-16-33-24)35-26(27(29,30)31)23-8-3-2-7-22(23)20-5-4-6-21(28)14-20/h2-12,14-17,26H,13,32H2,1H3/t17-,26?/m0/s1. The monoisotopic (exact) mass is 497 g/mol. The molecule has 0 radical (unpaired) electrons. The fourth-order valence-electron chi connectivity index (χ4n) is 3.82. The summed E-state index contributed by atoms with van der Waals surface area (Å²) >= 11 is 6.08. The molecule has 0 aliphatic heterocycles. The number of aromatic nitrogens is 2. The van der Waals surface area contributed by atoms with Crippen LogP contribution in [0.3, 0.4) is 0 Å². The van der Waals surface area contributed by atoms with Crippen molar-refractivity contribution < 1.29 is 17.9 Å². The van der Waals surface area contributed by atoms with Gasteiger partial charge in [0.05, 0.1) is 5.69 Å². The largest absolute Gasteiger partial charge is 0.460 e. The Bertz CT molecular complexity index is 1290. The molecule has 4 nitrogen and oxygen atoms in total. The predicted octanol–water partition coefficient (Wildman–Crippen LogP) is 7.04. The Kier molecular flexibility index (Phi) is 7.38. The molecule has 0 bridgehead atoms. The minimum atomic E-state index is -4.69. The number of benzene rings is 3. The van der Waals surface area contributed by atoms with Gasteiger partial charge in [-0.1, -0.05) is 72.3 Å². The summed E-state index contributed by atoms with van der Waals surface area (Å²) in [6.45, 7) is 1.92. The quantitative estimate of drug-likeness (QED) is 0.297. The third kappa shape index (κ3) is 6.18. The molecular formula is C27H23ClF3N3O. The van der Waals surface area contributed by atoms with Crippen LogP contribution in [0.2, 0.25) is 5.02 Å². The Morgan fingerprint density at radius 2 is 1.66 bits per heavy atom. The molecule has 2 atom stereocenters. The van der Waals surface area contributed by atoms with Gasteiger partial charge in [0.1, 0.15) is 6.33 Å². The van der Waals surface area contributed by atoms with E-state index in [0.717, 1.165) is 17.5 Å². The maximum atomic E-state index is 14.2. The summed E-state index contributed by atoms with van der Waals surface area (Å²) < 4.78 is 48.2. The van der Waals surface area contributed by atoms with Crippen molar-refractivity contribution in [3.63, 3.8) is 0 Å². The third-order valence-corrected chi connectivity index (χ3v) is 5.60. The van der Waals surface area contributed by atoms with Gasteiger partial charge in [-0.05, 0) is 42.2 Å². The maximum absolute atomic E-state index is 14.2. The van der Waals surface area contributed by atoms with E-state index >= 15 is 0 Å². The van der Waals surface area contributed by atoms with Crippen molar-refractivity contribution in [1.82, 2.24) is 9.97 Å². The van der Waals surface area contributed by atoms with Crippen LogP contribution in [0.4, 0.5) is 13.2 Å². The van der Waals surface area contributed by atoms with E-state index in [0.29, 0.717) is 21.8 Å². The lowest BCUT2D eigenvalue weighted by Crippen LogP contribution is -2.27. The van der Waals surface area contributed by atoms with Gasteiger partial charge in [0, 0.05) is 28.3 Å². The van der Waals surface area contributed by atoms with Crippen LogP contribution in [0.15, 0.2) is 85.2 Å². The van der Waals surface area contributed by atoms with Crippen LogP contribution in [0.25, 0.3) is 22.4 Å². The summed E-state index contributed by atoms with van der Waals surface area (Å²) in [6.07, 6.45) is -5.02. The Balaban J connectivity index is 1.67. The summed E-state index contributed by atoms with van der Waals surface area (Å²) in [6, 6.07) is 21.8. The van der Waals surface area contributed by atoms with Gasteiger partial charge in [-0.3, -0.25) is 0 Å². The van der Waals surface area contributed by atoms with Crippen LogP contribution in [-0.4, -0.2) is 22.2 Å². The molecule has 0 amide bonds. The lowest BCUT2D eigenvalue weighted by atomic mass is 9.96. The van der Waals surface area contributed by atoms with Crippen molar-refractivity contribution in [2.75, 3.05) is 0 Å². The molecule has 8 heteroatoms. The molecule has 0 saturated heterocycles. The van der Waals surface area contributed by atoms with E-state index in [1.807, 2.05) is 31.2 Å². The Labute approximate surface area is 206 Å². The molecule has 4 rings (SSSR count). The van der Waals surface area contributed by atoms with Crippen molar-refractivity contribution in [3.05, 3.63) is 101 Å². The number of ether oxygens (including phenoxy) is 1. The molecule has 1 heterocycles. The SMILES string of the molecule is C[C@H](N)Cc1ccc(-c2cc(OC(c3ccccc3-c3cccc(Cl)c3)C(F)(F)F)ncn2)cc1. The summed E-state index contributed by atoms with van der Waals surface area (Å²) in [7, 11) is 0. The highest BCUT2D eigenvalue weighted by Gasteiger charge is 2.44. The van der Waals surface area contributed by atoms with E-state index in [2.05, 4.69) is 9.97 Å². The highest BCUT2D eigenvalue weighted by Crippen LogP contribution is 2.41. The zero-order valence-corrected chi connectivity index (χ0v) is 19.6. The molecule has 3 aromatic carbocycles. The number of hydrogen-bond acceptors (Lipinski definition) is 4. The zero-order valence-electron chi connectivity index (χ0n) is 18.8. The molecule has 2 N–H and O–H groups in total. The second-order valence-corrected chi connectivity index (χ2v) is 8.69. The van der Waals surface area contributed by atoms with Crippen LogP contribution in [0, 0.1) is 0 Å². The number of halogens is 4. The van der Waals surface area contributed by atoms with Crippen molar-refractivity contribution in [2.45, 2.75) is 31.7 Å². The summed E-state index contributed by atoms with van der Waals surface area (Å²) in [4.78, 5) is 8.15. The van der Waals surface area contributed by atoms with E-state index in [4.69, 9.17) is 22.1 Å². The first kappa shape index (κ1) is 24.7. The summed E-state index contributed by atoms with van der Waals surface area (Å²) in [5.41, 5.74) is 8.97. The van der Waals surface area contributed by atoms with E-state index < -0.39 is 12.3 Å². The molecule has 1 unspecified atom stereocenters. The second-order valence-electron chi connectivity index (χ2n) is 8.26. The van der Waals surface area contributed by atoms with Crippen LogP contribution >= 0.6 is 11.6 Å². The molecule has 35 heavy (non-hydrogen) atoms. The first-order valence-corrected chi connectivity index (χ1v) is 11.3. The van der Waals surface area contributed by atoms with Crippen molar-refractivity contribution in [2.24, 2.45) is 5.73 Å². The Morgan fingerprint density at radius 3 is 2.34 bits per heavy atom. The maximum Gasteiger partial charge on any atom is 0.429 e. The first-order valence-electron chi connectivity index (χ1n) is 11.0. The number of nitrogens with zero attached hydrogens (tertiary/aromatic N) is 2. The molecular weight excluding hydrogens is 475 g/mol. The van der Waals surface area contributed by atoms with Crippen molar-refractivity contribution in [3.8, 4) is 28.3 Å². The number of hydrogen-bond donors (Lipinski definition) is 1. The molecule has 180 valence electrons. The molecule has 0 aliphatic carbocycles. The van der Waals surface area contributed by atoms with Crippen molar-refractivity contribution >= 4 is 11.6 Å². The number of nitrogens with two attached hydrogens (primary N) is 1. The van der Waals surface area contributed by atoms with Crippen LogP contribution < -0.4 is 10.5 Å². The van der Waals surface area contributed by atoms with Gasteiger partial charge in [-0.2, -0.15) is 13.2 Å². The van der Waals surface area contributed by atoms with E-state index in [1.165, 1.54) is 18.5 Å². The molecule has 0 aliphatic rings. The number of alkyl halides is 3. The van der Waals surface area contributed by atoms with Gasteiger partial charge < -0.3 is 10.5 Å². The Hall–Kier alpha value is -3.42. The van der Waals surface area contributed by atoms with Gasteiger partial charge in [-0.15, -0.1) is 0 Å². The van der Waals surface area contributed by atoms with Crippen molar-refractivity contribution in [1.29, 1.82) is 0 Å². The average Bonchev–Trinajstić information content (AvgIpc) is 2.82. The lowest BCUT2D eigenvalue weighted by molar-refractivity contribution is -0.198. The van der Waals surface area contributed by atoms with Crippen LogP contribution in [0.1, 0.15) is 24.2 Å². The Morgan fingerprint density at radius 1 is 0.914 bits per heavy atom. The van der Waals surface area contributed by atoms with E-state index in [-0.39, 0.29) is 17.5 Å². The van der Waals surface area contributed by atoms with E-state index in [9.17, 15) is 13.2 Å². The predicted molar refractivity (Wildman–Crippen MR) is 131 cm³/mol. The molecule has 0 saturated carbocycles. The molecule has 0 fully saturated rings. The van der Waals surface area contributed by atoms with Crippen LogP contribution in [0.5, 0.6) is 5.88 Å². The molecule has 0 spiro atoms. The lowest BCUT2D eigenvalue weighted by Gasteiger charge is -2.24. The third-order valence-electron chi connectivity index (χ3n) is 5.36. The first-order chi connectivity index (χ1) is 16.7. The highest BCUT2D eigenvalue weighted by molar-refractivity contribution is 6.30. The van der Waals surface area contributed by atoms with Gasteiger partial charge in [0.15, 0.2) is 0 Å². The fraction of sp³-hybridized carbons (Fsp3) is 0.185. The van der Waals surface area contributed by atoms with Crippen LogP contribution in [-0.2, 0) is 6.42 Å². The molecule has 1 aromatic heterocycles. The minimum Gasteiger partial charge on any atom is -0.460 e. The zero-order chi connectivity index (χ0) is 25.0. The summed E-state index contributed by atoms with van der Waals surface area (Å²) in [5.74, 6) is -0.183. The van der Waals surface area contributed by atoms with Gasteiger partial charge >= 0.3 is 6.18 Å². The average molecular weight is 498 g/mol. The summed E-state index contributed by atoms with van der Waals surface area (Å²) in [5, 5.41) is 0.425. The normalized spacial score (nSPS) is 13.3. The van der Waals surface area contributed by atoms with Gasteiger partial charge in [0.25, 0.3) is 0 Å². The topological polar surface area (TPSA) is 61.0 Å². The highest BCUT2D eigenvalue weighted by atomic mass is 35.5. The van der Waals surface area contributed by atoms with E-state index in [1.54, 1.807) is 42.5 Å². The van der Waals surface area contributed by atoms with Gasteiger partial charge in [0.2, 0.25) is 12.0 Å². The number of rotatable bonds is 7. The minimum absolute atomic E-state index is 0.0222. The fourth-order valence-corrected chi connectivity index (χ4v) is 4.01. The second kappa shape index (κ2) is 10.5. The molecule has 4 aromatic rings.